The molecule has 0 spiro atoms. The van der Waals surface area contributed by atoms with Gasteiger partial charge in [0.25, 0.3) is 0 Å². The van der Waals surface area contributed by atoms with E-state index < -0.39 is 126 Å². The van der Waals surface area contributed by atoms with Crippen LogP contribution in [0.3, 0.4) is 0 Å². The third-order valence-corrected chi connectivity index (χ3v) is 11.7. The fraction of sp³-hybridized carbons (Fsp3) is 0.750. The van der Waals surface area contributed by atoms with Crippen LogP contribution in [0.2, 0.25) is 0 Å². The molecule has 9 atom stereocenters. The summed E-state index contributed by atoms with van der Waals surface area (Å²) >= 11 is 0. The van der Waals surface area contributed by atoms with Crippen LogP contribution in [0, 0.1) is 23.7 Å². The van der Waals surface area contributed by atoms with E-state index in [1.807, 2.05) is 13.8 Å². The summed E-state index contributed by atoms with van der Waals surface area (Å²) in [4.78, 5) is 141. The van der Waals surface area contributed by atoms with Crippen molar-refractivity contribution in [3.05, 3.63) is 0 Å². The normalized spacial score (nSPS) is 14.7. The Hall–Kier alpha value is -6.84. The van der Waals surface area contributed by atoms with Gasteiger partial charge in [0.2, 0.25) is 53.2 Å². The van der Waals surface area contributed by atoms with Gasteiger partial charge in [-0.1, -0.05) is 61.8 Å². The quantitative estimate of drug-likeness (QED) is 0.0159. The van der Waals surface area contributed by atoms with Crippen LogP contribution in [0.1, 0.15) is 132 Å². The number of carboxylic acids is 1. The Morgan fingerprint density at radius 3 is 1.34 bits per heavy atom. The topological polar surface area (TPSA) is 494 Å². The number of unbranched alkanes of at least 4 members (excludes halogenated alkanes) is 1. The van der Waals surface area contributed by atoms with Crippen molar-refractivity contribution in [3.8, 4) is 0 Å². The number of nitrogens with one attached hydrogen (secondary N) is 8. The molecule has 0 unspecified atom stereocenters. The van der Waals surface area contributed by atoms with Crippen LogP contribution in [0.4, 0.5) is 0 Å². The second kappa shape index (κ2) is 37.0. The standard InChI is InChI=1S/C48H91N17O11/c1-9-28(8)38(65-39(68)29(50)20-25(2)3)45(74)64-35(23-36(51)66)40(69)58-24-37(67)59-33(21-26(4)5)43(72)60-30(14-10-11-17-49)42(71)63-34(22-27(6)7)44(73)61-31(15-12-18-56-47(52)53)41(70)62-32(46(75)76)16-13-19-57-48(54)55/h25-35,38H,9-24,49-50H2,1-8H3,(H2,51,66)(H,58,69)(H,59,67)(H,60,72)(H,61,73)(H,62,70)(H,63,71)(H,64,74)(H,65,68)(H,75,76)(H4,52,53,56)(H4,54,55,57)/t28-,29-,30-,31-,32-,33-,34-,35-,38-/m0/s1. The molecule has 0 radical (unpaired) electrons. The molecule has 9 amide bonds. The van der Waals surface area contributed by atoms with Gasteiger partial charge >= 0.3 is 5.97 Å². The number of carboxylic acid groups (broad SMARTS) is 1. The van der Waals surface area contributed by atoms with Crippen LogP contribution in [0.5, 0.6) is 0 Å². The average molecular weight is 1080 g/mol. The maximum absolute atomic E-state index is 14.2. The van der Waals surface area contributed by atoms with Gasteiger partial charge < -0.3 is 87.8 Å². The third-order valence-electron chi connectivity index (χ3n) is 11.7. The van der Waals surface area contributed by atoms with Crippen molar-refractivity contribution in [2.24, 2.45) is 73.8 Å². The summed E-state index contributed by atoms with van der Waals surface area (Å²) < 4.78 is 0. The molecule has 28 nitrogen and oxygen atoms in total. The van der Waals surface area contributed by atoms with E-state index in [9.17, 15) is 53.1 Å². The number of nitrogens with zero attached hydrogens (tertiary/aromatic N) is 2. The van der Waals surface area contributed by atoms with E-state index in [1.54, 1.807) is 41.5 Å². The molecule has 0 saturated carbocycles. The van der Waals surface area contributed by atoms with Crippen molar-refractivity contribution >= 4 is 71.1 Å². The predicted molar refractivity (Wildman–Crippen MR) is 286 cm³/mol. The van der Waals surface area contributed by atoms with Gasteiger partial charge in [-0.15, -0.1) is 0 Å². The molecule has 434 valence electrons. The Morgan fingerprint density at radius 2 is 0.908 bits per heavy atom. The van der Waals surface area contributed by atoms with E-state index >= 15 is 0 Å². The highest BCUT2D eigenvalue weighted by Gasteiger charge is 2.35. The summed E-state index contributed by atoms with van der Waals surface area (Å²) in [6.45, 7) is 14.1. The van der Waals surface area contributed by atoms with E-state index in [0.717, 1.165) is 0 Å². The molecular formula is C48H91N17O11. The van der Waals surface area contributed by atoms with Crippen LogP contribution in [0.15, 0.2) is 9.98 Å². The Kier molecular flexibility index (Phi) is 33.7. The molecular weight excluding hydrogens is 991 g/mol. The Balaban J connectivity index is 6.47. The lowest BCUT2D eigenvalue weighted by Gasteiger charge is -2.28. The minimum atomic E-state index is -1.56. The molecule has 0 heterocycles. The fourth-order valence-electron chi connectivity index (χ4n) is 7.58. The number of amides is 9. The first kappa shape index (κ1) is 69.2. The largest absolute Gasteiger partial charge is 0.480 e. The maximum Gasteiger partial charge on any atom is 0.326 e. The van der Waals surface area contributed by atoms with Gasteiger partial charge in [-0.05, 0) is 94.4 Å². The lowest BCUT2D eigenvalue weighted by atomic mass is 9.96. The van der Waals surface area contributed by atoms with Crippen molar-refractivity contribution in [2.75, 3.05) is 26.2 Å². The number of aliphatic carboxylic acids is 1. The number of guanidine groups is 2. The van der Waals surface area contributed by atoms with E-state index in [0.29, 0.717) is 25.7 Å². The Morgan fingerprint density at radius 1 is 0.487 bits per heavy atom. The van der Waals surface area contributed by atoms with Crippen LogP contribution in [-0.2, 0) is 47.9 Å². The highest BCUT2D eigenvalue weighted by molar-refractivity contribution is 5.98. The zero-order chi connectivity index (χ0) is 58.2. The number of carbonyl (C=O) groups is 10. The zero-order valence-electron chi connectivity index (χ0n) is 45.7. The second-order valence-electron chi connectivity index (χ2n) is 20.2. The van der Waals surface area contributed by atoms with Crippen molar-refractivity contribution < 1.29 is 53.1 Å². The summed E-state index contributed by atoms with van der Waals surface area (Å²) in [7, 11) is 0. The molecule has 0 aliphatic rings. The molecule has 0 aliphatic carbocycles. The number of rotatable bonds is 39. The number of nitrogens with two attached hydrogens (primary N) is 7. The van der Waals surface area contributed by atoms with Gasteiger partial charge in [0.05, 0.1) is 19.0 Å². The minimum absolute atomic E-state index is 0.0413. The predicted octanol–water partition coefficient (Wildman–Crippen LogP) is -3.80. The first-order valence-electron chi connectivity index (χ1n) is 26.0. The lowest BCUT2D eigenvalue weighted by molar-refractivity contribution is -0.142. The molecule has 0 aromatic heterocycles. The number of hydrogen-bond acceptors (Lipinski definition) is 14. The summed E-state index contributed by atoms with van der Waals surface area (Å²) in [5.41, 5.74) is 38.8. The van der Waals surface area contributed by atoms with E-state index in [2.05, 4.69) is 52.5 Å². The van der Waals surface area contributed by atoms with E-state index in [-0.39, 0.29) is 94.3 Å². The van der Waals surface area contributed by atoms with E-state index in [1.165, 1.54) is 0 Å². The molecule has 23 N–H and O–H groups in total. The van der Waals surface area contributed by atoms with Crippen LogP contribution in [0.25, 0.3) is 0 Å². The summed E-state index contributed by atoms with van der Waals surface area (Å²) in [6.07, 6.45) is 1.43. The third kappa shape index (κ3) is 29.9. The second-order valence-corrected chi connectivity index (χ2v) is 20.2. The number of hydrogen-bond donors (Lipinski definition) is 16. The van der Waals surface area contributed by atoms with Gasteiger partial charge in [-0.25, -0.2) is 4.79 Å². The van der Waals surface area contributed by atoms with Crippen molar-refractivity contribution in [1.29, 1.82) is 0 Å². The molecule has 76 heavy (non-hydrogen) atoms. The molecule has 0 aliphatic heterocycles. The van der Waals surface area contributed by atoms with Crippen molar-refractivity contribution in [1.82, 2.24) is 42.5 Å². The van der Waals surface area contributed by atoms with Gasteiger partial charge in [0.15, 0.2) is 11.9 Å². The zero-order valence-corrected chi connectivity index (χ0v) is 45.7. The average Bonchev–Trinajstić information content (AvgIpc) is 3.31. The van der Waals surface area contributed by atoms with Gasteiger partial charge in [0.1, 0.15) is 42.3 Å². The van der Waals surface area contributed by atoms with Crippen LogP contribution in [-0.4, -0.2) is 151 Å². The minimum Gasteiger partial charge on any atom is -0.480 e. The molecule has 0 saturated heterocycles. The maximum atomic E-state index is 14.2. The van der Waals surface area contributed by atoms with Gasteiger partial charge in [0, 0.05) is 13.1 Å². The lowest BCUT2D eigenvalue weighted by Crippen LogP contribution is -2.59. The van der Waals surface area contributed by atoms with Gasteiger partial charge in [-0.2, -0.15) is 0 Å². The number of carbonyl (C=O) groups excluding carboxylic acids is 9. The Bertz CT molecular complexity index is 1960. The molecule has 0 fully saturated rings. The number of primary amides is 1. The van der Waals surface area contributed by atoms with Crippen molar-refractivity contribution in [3.63, 3.8) is 0 Å². The first-order chi connectivity index (χ1) is 35.5. The van der Waals surface area contributed by atoms with Crippen LogP contribution < -0.4 is 82.7 Å². The summed E-state index contributed by atoms with van der Waals surface area (Å²) in [5, 5.41) is 30.4. The fourth-order valence-corrected chi connectivity index (χ4v) is 7.58. The molecule has 0 aromatic carbocycles. The Labute approximate surface area is 446 Å². The number of aliphatic imine (C=N–C) groups is 2. The smallest absolute Gasteiger partial charge is 0.326 e. The molecule has 0 bridgehead atoms. The van der Waals surface area contributed by atoms with E-state index in [4.69, 9.17) is 40.1 Å². The highest BCUT2D eigenvalue weighted by atomic mass is 16.4. The van der Waals surface area contributed by atoms with Gasteiger partial charge in [-0.3, -0.25) is 53.1 Å². The monoisotopic (exact) mass is 1080 g/mol. The molecule has 28 heteroatoms. The van der Waals surface area contributed by atoms with Crippen molar-refractivity contribution in [2.45, 2.75) is 181 Å². The SMILES string of the molecule is CC[C@H](C)[C@H](NC(=O)[C@@H](N)CC(C)C)C(=O)N[C@@H](CC(N)=O)C(=O)NCC(=O)N[C@@H](CC(C)C)C(=O)N[C@@H](CCCCN)C(=O)N[C@@H](CC(C)C)C(=O)N[C@@H](CCCN=C(N)N)C(=O)N[C@@H](CCCN=C(N)N)C(=O)O. The van der Waals surface area contributed by atoms with Crippen LogP contribution >= 0.6 is 0 Å². The highest BCUT2D eigenvalue weighted by Crippen LogP contribution is 2.13. The first-order valence-corrected chi connectivity index (χ1v) is 26.0. The summed E-state index contributed by atoms with van der Waals surface area (Å²) in [5.74, 6) is -9.76. The molecule has 0 rings (SSSR count). The summed E-state index contributed by atoms with van der Waals surface area (Å²) in [6, 6.07) is -10.1. The molecule has 0 aromatic rings.